The Morgan fingerprint density at radius 2 is 2.06 bits per heavy atom. The summed E-state index contributed by atoms with van der Waals surface area (Å²) >= 11 is 3.26. The number of anilines is 1. The SMILES string of the molecule is COCCCN(CCOC)c1nc[nH]c(=O)c1Br. The first-order valence-corrected chi connectivity index (χ1v) is 6.46. The minimum Gasteiger partial charge on any atom is -0.385 e. The van der Waals surface area contributed by atoms with E-state index >= 15 is 0 Å². The van der Waals surface area contributed by atoms with E-state index < -0.39 is 0 Å². The number of hydrogen-bond donors (Lipinski definition) is 1. The first-order chi connectivity index (χ1) is 8.70. The van der Waals surface area contributed by atoms with Crippen molar-refractivity contribution in [3.63, 3.8) is 0 Å². The molecule has 1 heterocycles. The van der Waals surface area contributed by atoms with Crippen molar-refractivity contribution >= 4 is 21.7 Å². The topological polar surface area (TPSA) is 67.5 Å². The molecule has 0 atom stereocenters. The van der Waals surface area contributed by atoms with Gasteiger partial charge in [-0.15, -0.1) is 0 Å². The maximum absolute atomic E-state index is 11.5. The Bertz CT molecular complexity index is 411. The summed E-state index contributed by atoms with van der Waals surface area (Å²) in [6.07, 6.45) is 2.26. The number of halogens is 1. The predicted molar refractivity (Wildman–Crippen MR) is 73.1 cm³/mol. The second-order valence-corrected chi connectivity index (χ2v) is 4.49. The molecule has 0 saturated carbocycles. The molecule has 6 nitrogen and oxygen atoms in total. The van der Waals surface area contributed by atoms with Crippen LogP contribution in [-0.2, 0) is 9.47 Å². The number of nitrogens with one attached hydrogen (secondary N) is 1. The molecule has 0 aromatic carbocycles. The second-order valence-electron chi connectivity index (χ2n) is 3.70. The molecule has 0 fully saturated rings. The zero-order chi connectivity index (χ0) is 13.4. The minimum absolute atomic E-state index is 0.186. The molecule has 0 radical (unpaired) electrons. The number of aromatic nitrogens is 2. The number of ether oxygens (including phenoxy) is 2. The highest BCUT2D eigenvalue weighted by molar-refractivity contribution is 9.10. The minimum atomic E-state index is -0.186. The summed E-state index contributed by atoms with van der Waals surface area (Å²) in [7, 11) is 3.31. The summed E-state index contributed by atoms with van der Waals surface area (Å²) in [6.45, 7) is 2.68. The molecule has 1 rings (SSSR count). The average Bonchev–Trinajstić information content (AvgIpc) is 2.37. The Morgan fingerprint density at radius 3 is 2.72 bits per heavy atom. The van der Waals surface area contributed by atoms with Gasteiger partial charge in [0.05, 0.1) is 12.9 Å². The molecule has 0 unspecified atom stereocenters. The molecular formula is C11H18BrN3O3. The van der Waals surface area contributed by atoms with Crippen molar-refractivity contribution in [1.82, 2.24) is 9.97 Å². The van der Waals surface area contributed by atoms with Gasteiger partial charge in [0.15, 0.2) is 0 Å². The van der Waals surface area contributed by atoms with Crippen LogP contribution >= 0.6 is 15.9 Å². The van der Waals surface area contributed by atoms with Gasteiger partial charge in [-0.1, -0.05) is 0 Å². The molecule has 18 heavy (non-hydrogen) atoms. The Kier molecular flexibility index (Phi) is 6.92. The van der Waals surface area contributed by atoms with E-state index in [9.17, 15) is 4.79 Å². The summed E-state index contributed by atoms with van der Waals surface area (Å²) in [4.78, 5) is 20.2. The van der Waals surface area contributed by atoms with Crippen LogP contribution in [-0.4, -0.2) is 50.5 Å². The van der Waals surface area contributed by atoms with Gasteiger partial charge in [0.25, 0.3) is 5.56 Å². The van der Waals surface area contributed by atoms with Gasteiger partial charge in [-0.3, -0.25) is 4.79 Å². The lowest BCUT2D eigenvalue weighted by atomic mass is 10.3. The van der Waals surface area contributed by atoms with E-state index in [0.29, 0.717) is 30.0 Å². The van der Waals surface area contributed by atoms with Crippen molar-refractivity contribution < 1.29 is 9.47 Å². The van der Waals surface area contributed by atoms with E-state index in [1.54, 1.807) is 14.2 Å². The molecule has 1 aromatic heterocycles. The fourth-order valence-corrected chi connectivity index (χ4v) is 1.99. The predicted octanol–water partition coefficient (Wildman–Crippen LogP) is 1.02. The molecule has 1 N–H and O–H groups in total. The largest absolute Gasteiger partial charge is 0.385 e. The van der Waals surface area contributed by atoms with E-state index in [4.69, 9.17) is 9.47 Å². The lowest BCUT2D eigenvalue weighted by Gasteiger charge is -2.23. The summed E-state index contributed by atoms with van der Waals surface area (Å²) in [6, 6.07) is 0. The van der Waals surface area contributed by atoms with E-state index in [1.807, 2.05) is 4.90 Å². The standard InChI is InChI=1S/C11H18BrN3O3/c1-17-6-3-4-15(5-7-18-2)10-9(12)11(16)14-8-13-10/h8H,3-7H2,1-2H3,(H,13,14,16). The van der Waals surface area contributed by atoms with Crippen LogP contribution in [0.4, 0.5) is 5.82 Å². The summed E-state index contributed by atoms with van der Waals surface area (Å²) < 4.78 is 10.5. The molecule has 102 valence electrons. The summed E-state index contributed by atoms with van der Waals surface area (Å²) in [5.74, 6) is 0.631. The van der Waals surface area contributed by atoms with E-state index in [1.165, 1.54) is 6.33 Å². The Balaban J connectivity index is 2.79. The van der Waals surface area contributed by atoms with Crippen LogP contribution in [0.25, 0.3) is 0 Å². The number of rotatable bonds is 8. The van der Waals surface area contributed by atoms with Crippen molar-refractivity contribution in [2.24, 2.45) is 0 Å². The van der Waals surface area contributed by atoms with Crippen LogP contribution < -0.4 is 10.5 Å². The van der Waals surface area contributed by atoms with Crippen molar-refractivity contribution in [2.75, 3.05) is 45.4 Å². The van der Waals surface area contributed by atoms with Gasteiger partial charge in [0, 0.05) is 33.9 Å². The smallest absolute Gasteiger partial charge is 0.267 e. The van der Waals surface area contributed by atoms with Gasteiger partial charge in [0.2, 0.25) is 0 Å². The molecule has 0 spiro atoms. The highest BCUT2D eigenvalue weighted by Gasteiger charge is 2.13. The molecule has 7 heteroatoms. The summed E-state index contributed by atoms with van der Waals surface area (Å²) in [5, 5.41) is 0. The van der Waals surface area contributed by atoms with Gasteiger partial charge >= 0.3 is 0 Å². The van der Waals surface area contributed by atoms with Crippen LogP contribution in [0.2, 0.25) is 0 Å². The zero-order valence-corrected chi connectivity index (χ0v) is 12.2. The van der Waals surface area contributed by atoms with E-state index in [0.717, 1.165) is 13.0 Å². The average molecular weight is 320 g/mol. The van der Waals surface area contributed by atoms with Gasteiger partial charge in [-0.05, 0) is 22.4 Å². The van der Waals surface area contributed by atoms with Crippen molar-refractivity contribution in [3.05, 3.63) is 21.2 Å². The van der Waals surface area contributed by atoms with Gasteiger partial charge in [-0.2, -0.15) is 0 Å². The number of nitrogens with zero attached hydrogens (tertiary/aromatic N) is 2. The number of methoxy groups -OCH3 is 2. The molecule has 0 saturated heterocycles. The van der Waals surface area contributed by atoms with Gasteiger partial charge in [0.1, 0.15) is 10.3 Å². The van der Waals surface area contributed by atoms with Crippen LogP contribution in [0.3, 0.4) is 0 Å². The van der Waals surface area contributed by atoms with Gasteiger partial charge in [-0.25, -0.2) is 4.98 Å². The maximum Gasteiger partial charge on any atom is 0.267 e. The van der Waals surface area contributed by atoms with Crippen molar-refractivity contribution in [2.45, 2.75) is 6.42 Å². The lowest BCUT2D eigenvalue weighted by molar-refractivity contribution is 0.191. The zero-order valence-electron chi connectivity index (χ0n) is 10.6. The number of aromatic amines is 1. The Labute approximate surface area is 114 Å². The maximum atomic E-state index is 11.5. The monoisotopic (exact) mass is 319 g/mol. The third kappa shape index (κ3) is 4.40. The van der Waals surface area contributed by atoms with Crippen LogP contribution in [0, 0.1) is 0 Å². The molecule has 1 aromatic rings. The Hall–Kier alpha value is -0.920. The lowest BCUT2D eigenvalue weighted by Crippen LogP contribution is -2.31. The van der Waals surface area contributed by atoms with Crippen LogP contribution in [0.5, 0.6) is 0 Å². The van der Waals surface area contributed by atoms with E-state index in [-0.39, 0.29) is 5.56 Å². The van der Waals surface area contributed by atoms with Crippen LogP contribution in [0.1, 0.15) is 6.42 Å². The highest BCUT2D eigenvalue weighted by atomic mass is 79.9. The highest BCUT2D eigenvalue weighted by Crippen LogP contribution is 2.18. The third-order valence-corrected chi connectivity index (χ3v) is 3.13. The van der Waals surface area contributed by atoms with Gasteiger partial charge < -0.3 is 19.4 Å². The van der Waals surface area contributed by atoms with Crippen LogP contribution in [0.15, 0.2) is 15.6 Å². The molecular weight excluding hydrogens is 302 g/mol. The second kappa shape index (κ2) is 8.23. The fraction of sp³-hybridized carbons (Fsp3) is 0.636. The Morgan fingerprint density at radius 1 is 1.33 bits per heavy atom. The quantitative estimate of drug-likeness (QED) is 0.725. The first kappa shape index (κ1) is 15.1. The number of H-pyrrole nitrogens is 1. The van der Waals surface area contributed by atoms with E-state index in [2.05, 4.69) is 25.9 Å². The normalized spacial score (nSPS) is 10.6. The molecule has 0 aliphatic rings. The molecule has 0 aliphatic carbocycles. The summed E-state index contributed by atoms with van der Waals surface area (Å²) in [5.41, 5.74) is -0.186. The first-order valence-electron chi connectivity index (χ1n) is 5.66. The molecule has 0 bridgehead atoms. The third-order valence-electron chi connectivity index (χ3n) is 2.42. The molecule has 0 amide bonds. The number of hydrogen-bond acceptors (Lipinski definition) is 5. The van der Waals surface area contributed by atoms with Crippen molar-refractivity contribution in [3.8, 4) is 0 Å². The molecule has 0 aliphatic heterocycles. The van der Waals surface area contributed by atoms with Crippen molar-refractivity contribution in [1.29, 1.82) is 0 Å². The fourth-order valence-electron chi connectivity index (χ4n) is 1.52.